The number of amides is 1. The molecule has 1 aliphatic rings. The van der Waals surface area contributed by atoms with Gasteiger partial charge in [-0.3, -0.25) is 4.79 Å². The van der Waals surface area contributed by atoms with Crippen LogP contribution >= 0.6 is 15.9 Å². The minimum Gasteiger partial charge on any atom is -0.506 e. The summed E-state index contributed by atoms with van der Waals surface area (Å²) < 4.78 is 0.831. The number of aromatic hydroxyl groups is 1. The van der Waals surface area contributed by atoms with E-state index in [1.54, 1.807) is 18.2 Å². The van der Waals surface area contributed by atoms with E-state index in [1.165, 1.54) is 12.8 Å². The predicted octanol–water partition coefficient (Wildman–Crippen LogP) is 2.87. The highest BCUT2D eigenvalue weighted by Gasteiger charge is 2.15. The average molecular weight is 327 g/mol. The van der Waals surface area contributed by atoms with Crippen molar-refractivity contribution in [2.75, 3.05) is 18.4 Å². The number of rotatable bonds is 4. The fourth-order valence-corrected chi connectivity index (χ4v) is 2.69. The van der Waals surface area contributed by atoms with Crippen LogP contribution in [0.15, 0.2) is 22.7 Å². The molecule has 0 radical (unpaired) electrons. The molecule has 1 saturated heterocycles. The minimum absolute atomic E-state index is 0.0426. The predicted molar refractivity (Wildman–Crippen MR) is 79.3 cm³/mol. The summed E-state index contributed by atoms with van der Waals surface area (Å²) in [6, 6.07) is 5.00. The van der Waals surface area contributed by atoms with Crippen molar-refractivity contribution in [1.82, 2.24) is 5.32 Å². The molecule has 0 aliphatic carbocycles. The maximum absolute atomic E-state index is 11.9. The summed E-state index contributed by atoms with van der Waals surface area (Å²) in [5.41, 5.74) is 0.459. The van der Waals surface area contributed by atoms with Gasteiger partial charge in [-0.2, -0.15) is 0 Å². The molecule has 1 amide bonds. The highest BCUT2D eigenvalue weighted by Crippen LogP contribution is 2.27. The SMILES string of the molecule is O=C(CCC1CCCNC1)Nc1cc(Br)ccc1O. The Morgan fingerprint density at radius 1 is 1.53 bits per heavy atom. The van der Waals surface area contributed by atoms with E-state index < -0.39 is 0 Å². The molecule has 2 rings (SSSR count). The number of anilines is 1. The lowest BCUT2D eigenvalue weighted by Crippen LogP contribution is -2.30. The van der Waals surface area contributed by atoms with Gasteiger partial charge in [-0.15, -0.1) is 0 Å². The maximum Gasteiger partial charge on any atom is 0.224 e. The molecule has 3 N–H and O–H groups in total. The first kappa shape index (κ1) is 14.3. The second-order valence-electron chi connectivity index (χ2n) is 4.96. The highest BCUT2D eigenvalue weighted by molar-refractivity contribution is 9.10. The Balaban J connectivity index is 1.81. The molecular formula is C14H19BrN2O2. The van der Waals surface area contributed by atoms with Gasteiger partial charge >= 0.3 is 0 Å². The Labute approximate surface area is 121 Å². The molecule has 0 bridgehead atoms. The summed E-state index contributed by atoms with van der Waals surface area (Å²) in [7, 11) is 0. The fraction of sp³-hybridized carbons (Fsp3) is 0.500. The Kier molecular flexibility index (Phi) is 5.22. The molecule has 1 unspecified atom stereocenters. The summed E-state index contributed by atoms with van der Waals surface area (Å²) in [5, 5.41) is 15.8. The number of halogens is 1. The fourth-order valence-electron chi connectivity index (χ4n) is 2.33. The lowest BCUT2D eigenvalue weighted by Gasteiger charge is -2.22. The Bertz CT molecular complexity index is 445. The number of carbonyl (C=O) groups excluding carboxylic acids is 1. The largest absolute Gasteiger partial charge is 0.506 e. The topological polar surface area (TPSA) is 61.4 Å². The molecule has 0 aromatic heterocycles. The van der Waals surface area contributed by atoms with E-state index in [9.17, 15) is 9.90 Å². The second-order valence-corrected chi connectivity index (χ2v) is 5.88. The van der Waals surface area contributed by atoms with Crippen LogP contribution in [0.1, 0.15) is 25.7 Å². The van der Waals surface area contributed by atoms with Crippen LogP contribution in [-0.2, 0) is 4.79 Å². The van der Waals surface area contributed by atoms with E-state index in [-0.39, 0.29) is 11.7 Å². The first-order valence-electron chi connectivity index (χ1n) is 6.64. The molecule has 0 spiro atoms. The number of carbonyl (C=O) groups is 1. The molecule has 19 heavy (non-hydrogen) atoms. The van der Waals surface area contributed by atoms with Gasteiger partial charge in [0.1, 0.15) is 5.75 Å². The second kappa shape index (κ2) is 6.91. The first-order valence-corrected chi connectivity index (χ1v) is 7.43. The van der Waals surface area contributed by atoms with Crippen molar-refractivity contribution < 1.29 is 9.90 Å². The standard InChI is InChI=1S/C14H19BrN2O2/c15-11-4-5-13(18)12(8-11)17-14(19)6-3-10-2-1-7-16-9-10/h4-5,8,10,16,18H,1-3,6-7,9H2,(H,17,19). The number of phenols is 1. The quantitative estimate of drug-likeness (QED) is 0.745. The van der Waals surface area contributed by atoms with Crippen LogP contribution in [0.3, 0.4) is 0 Å². The van der Waals surface area contributed by atoms with Crippen LogP contribution in [0.4, 0.5) is 5.69 Å². The Morgan fingerprint density at radius 3 is 3.11 bits per heavy atom. The van der Waals surface area contributed by atoms with Crippen molar-refractivity contribution in [1.29, 1.82) is 0 Å². The molecule has 1 fully saturated rings. The third-order valence-corrected chi connectivity index (χ3v) is 3.90. The van der Waals surface area contributed by atoms with Crippen LogP contribution < -0.4 is 10.6 Å². The van der Waals surface area contributed by atoms with Crippen LogP contribution in [0.5, 0.6) is 5.75 Å². The molecule has 4 nitrogen and oxygen atoms in total. The van der Waals surface area contributed by atoms with Crippen LogP contribution in [0.2, 0.25) is 0 Å². The molecular weight excluding hydrogens is 308 g/mol. The van der Waals surface area contributed by atoms with Crippen molar-refractivity contribution >= 4 is 27.5 Å². The normalized spacial score (nSPS) is 19.1. The van der Waals surface area contributed by atoms with E-state index in [4.69, 9.17) is 0 Å². The van der Waals surface area contributed by atoms with Gasteiger partial charge in [0.05, 0.1) is 5.69 Å². The zero-order valence-corrected chi connectivity index (χ0v) is 12.4. The average Bonchev–Trinajstić information content (AvgIpc) is 2.42. The molecule has 1 heterocycles. The first-order chi connectivity index (χ1) is 9.15. The monoisotopic (exact) mass is 326 g/mol. The molecule has 5 heteroatoms. The van der Waals surface area contributed by atoms with Crippen molar-refractivity contribution in [2.24, 2.45) is 5.92 Å². The summed E-state index contributed by atoms with van der Waals surface area (Å²) in [4.78, 5) is 11.9. The third-order valence-electron chi connectivity index (χ3n) is 3.41. The maximum atomic E-state index is 11.9. The van der Waals surface area contributed by atoms with E-state index in [1.807, 2.05) is 0 Å². The number of nitrogens with one attached hydrogen (secondary N) is 2. The number of phenolic OH excluding ortho intramolecular Hbond substituents is 1. The highest BCUT2D eigenvalue weighted by atomic mass is 79.9. The van der Waals surface area contributed by atoms with Gasteiger partial charge in [0.15, 0.2) is 0 Å². The molecule has 0 saturated carbocycles. The summed E-state index contributed by atoms with van der Waals surface area (Å²) >= 11 is 3.32. The minimum atomic E-state index is -0.0426. The van der Waals surface area contributed by atoms with Crippen molar-refractivity contribution in [2.45, 2.75) is 25.7 Å². The van der Waals surface area contributed by atoms with Gasteiger partial charge in [0.25, 0.3) is 0 Å². The molecule has 1 atom stereocenters. The van der Waals surface area contributed by atoms with Crippen molar-refractivity contribution in [3.63, 3.8) is 0 Å². The number of hydrogen-bond acceptors (Lipinski definition) is 3. The van der Waals surface area contributed by atoms with E-state index in [2.05, 4.69) is 26.6 Å². The van der Waals surface area contributed by atoms with Crippen LogP contribution in [-0.4, -0.2) is 24.1 Å². The summed E-state index contributed by atoms with van der Waals surface area (Å²) in [6.07, 6.45) is 3.78. The summed E-state index contributed by atoms with van der Waals surface area (Å²) in [5.74, 6) is 0.644. The Morgan fingerprint density at radius 2 is 2.37 bits per heavy atom. The van der Waals surface area contributed by atoms with Gasteiger partial charge in [-0.25, -0.2) is 0 Å². The molecule has 1 aromatic rings. The van der Waals surface area contributed by atoms with E-state index in [0.717, 1.165) is 24.0 Å². The van der Waals surface area contributed by atoms with Gasteiger partial charge in [-0.05, 0) is 56.5 Å². The van der Waals surface area contributed by atoms with Gasteiger partial charge in [0, 0.05) is 10.9 Å². The van der Waals surface area contributed by atoms with Crippen LogP contribution in [0, 0.1) is 5.92 Å². The van der Waals surface area contributed by atoms with Crippen LogP contribution in [0.25, 0.3) is 0 Å². The molecule has 1 aliphatic heterocycles. The van der Waals surface area contributed by atoms with E-state index >= 15 is 0 Å². The van der Waals surface area contributed by atoms with Gasteiger partial charge in [-0.1, -0.05) is 15.9 Å². The number of piperidine rings is 1. The van der Waals surface area contributed by atoms with Gasteiger partial charge < -0.3 is 15.7 Å². The number of benzene rings is 1. The summed E-state index contributed by atoms with van der Waals surface area (Å²) in [6.45, 7) is 2.10. The zero-order chi connectivity index (χ0) is 13.7. The van der Waals surface area contributed by atoms with Crippen molar-refractivity contribution in [3.8, 4) is 5.75 Å². The lowest BCUT2D eigenvalue weighted by atomic mass is 9.94. The molecule has 1 aromatic carbocycles. The molecule has 104 valence electrons. The smallest absolute Gasteiger partial charge is 0.224 e. The van der Waals surface area contributed by atoms with Gasteiger partial charge in [0.2, 0.25) is 5.91 Å². The zero-order valence-electron chi connectivity index (χ0n) is 10.8. The Hall–Kier alpha value is -1.07. The number of hydrogen-bond donors (Lipinski definition) is 3. The third kappa shape index (κ3) is 4.51. The lowest BCUT2D eigenvalue weighted by molar-refractivity contribution is -0.116. The van der Waals surface area contributed by atoms with E-state index in [0.29, 0.717) is 18.0 Å². The van der Waals surface area contributed by atoms with Crippen molar-refractivity contribution in [3.05, 3.63) is 22.7 Å².